The van der Waals surface area contributed by atoms with E-state index in [4.69, 9.17) is 45.6 Å². The van der Waals surface area contributed by atoms with Crippen molar-refractivity contribution < 1.29 is 43.7 Å². The molecule has 10 atom stereocenters. The van der Waals surface area contributed by atoms with Gasteiger partial charge in [0.05, 0.1) is 45.1 Å². The lowest BCUT2D eigenvalue weighted by atomic mass is 9.96. The molecular formula is C38H47N3O9. The van der Waals surface area contributed by atoms with Gasteiger partial charge in [-0.25, -0.2) is 0 Å². The van der Waals surface area contributed by atoms with E-state index in [2.05, 4.69) is 48.5 Å². The van der Waals surface area contributed by atoms with E-state index in [9.17, 15) is 15.3 Å². The third kappa shape index (κ3) is 8.57. The summed E-state index contributed by atoms with van der Waals surface area (Å²) in [6, 6.07) is 27.1. The molecule has 10 unspecified atom stereocenters. The fraction of sp³-hybridized carbons (Fsp3) is 0.421. The van der Waals surface area contributed by atoms with Crippen LogP contribution in [0.25, 0.3) is 21.5 Å². The molecule has 0 saturated carbocycles. The molecule has 0 spiro atoms. The van der Waals surface area contributed by atoms with Crippen molar-refractivity contribution in [2.24, 2.45) is 17.2 Å². The first-order chi connectivity index (χ1) is 24.4. The molecule has 0 bridgehead atoms. The second-order valence-corrected chi connectivity index (χ2v) is 12.7. The molecule has 268 valence electrons. The van der Waals surface area contributed by atoms with Crippen LogP contribution in [0.4, 0.5) is 0 Å². The predicted octanol–water partition coefficient (Wildman–Crippen LogP) is 1.83. The van der Waals surface area contributed by atoms with Crippen LogP contribution in [-0.4, -0.2) is 103 Å². The monoisotopic (exact) mass is 689 g/mol. The number of ether oxygens (including phenoxy) is 6. The minimum absolute atomic E-state index is 0.0773. The highest BCUT2D eigenvalue weighted by atomic mass is 16.7. The lowest BCUT2D eigenvalue weighted by Crippen LogP contribution is -2.64. The molecule has 50 heavy (non-hydrogen) atoms. The number of rotatable bonds is 14. The number of fused-ring (bicyclic) bond motifs is 2. The zero-order valence-electron chi connectivity index (χ0n) is 27.8. The molecule has 2 aliphatic rings. The second kappa shape index (κ2) is 17.2. The number of hydrogen-bond acceptors (Lipinski definition) is 12. The lowest BCUT2D eigenvalue weighted by Gasteiger charge is -2.44. The van der Waals surface area contributed by atoms with Crippen molar-refractivity contribution in [3.63, 3.8) is 0 Å². The van der Waals surface area contributed by atoms with Crippen molar-refractivity contribution >= 4 is 21.5 Å². The van der Waals surface area contributed by atoms with E-state index in [1.165, 1.54) is 0 Å². The van der Waals surface area contributed by atoms with Crippen molar-refractivity contribution in [2.45, 2.75) is 74.5 Å². The van der Waals surface area contributed by atoms with Crippen LogP contribution in [0.1, 0.15) is 11.1 Å². The molecule has 2 heterocycles. The highest BCUT2D eigenvalue weighted by molar-refractivity contribution is 5.83. The molecule has 0 radical (unpaired) electrons. The number of hydrogen-bond donors (Lipinski definition) is 6. The van der Waals surface area contributed by atoms with Crippen LogP contribution < -0.4 is 17.2 Å². The molecule has 2 aliphatic heterocycles. The molecule has 12 nitrogen and oxygen atoms in total. The third-order valence-corrected chi connectivity index (χ3v) is 9.25. The van der Waals surface area contributed by atoms with Gasteiger partial charge in [-0.05, 0) is 44.8 Å². The molecule has 2 fully saturated rings. The normalized spacial score (nSPS) is 30.4. The minimum Gasteiger partial charge on any atom is -0.394 e. The predicted molar refractivity (Wildman–Crippen MR) is 188 cm³/mol. The summed E-state index contributed by atoms with van der Waals surface area (Å²) in [6.45, 7) is 0.503. The average Bonchev–Trinajstić information content (AvgIpc) is 3.15. The SMILES string of the molecule is NCC1OC(OC/C=C/COC2OC(CO)C(O)C(O)C2N)C(N)C(OCc2ccc3ccccc3c2)C1OCc1ccc2ccccc2c1. The Morgan fingerprint density at radius 3 is 1.64 bits per heavy atom. The van der Waals surface area contributed by atoms with E-state index < -0.39 is 67.9 Å². The van der Waals surface area contributed by atoms with E-state index in [1.54, 1.807) is 12.2 Å². The van der Waals surface area contributed by atoms with Crippen molar-refractivity contribution in [2.75, 3.05) is 26.4 Å². The second-order valence-electron chi connectivity index (χ2n) is 12.7. The minimum atomic E-state index is -1.31. The summed E-state index contributed by atoms with van der Waals surface area (Å²) in [5.41, 5.74) is 21.0. The van der Waals surface area contributed by atoms with E-state index in [-0.39, 0.29) is 19.8 Å². The van der Waals surface area contributed by atoms with Gasteiger partial charge in [-0.15, -0.1) is 0 Å². The molecule has 2 saturated heterocycles. The van der Waals surface area contributed by atoms with Gasteiger partial charge in [-0.2, -0.15) is 0 Å². The summed E-state index contributed by atoms with van der Waals surface area (Å²) in [6.07, 6.45) is -3.76. The molecule has 0 aromatic heterocycles. The largest absolute Gasteiger partial charge is 0.394 e. The van der Waals surface area contributed by atoms with Crippen molar-refractivity contribution in [1.82, 2.24) is 0 Å². The summed E-state index contributed by atoms with van der Waals surface area (Å²) in [5, 5.41) is 34.1. The standard InChI is InChI=1S/C38H47N3O9/c39-19-29-35(47-21-23-11-13-25-7-1-3-9-27(25)17-23)36(48-22-24-12-14-26-8-2-4-10-28(26)18-24)32(41)38(49-29)46-16-6-5-15-45-37-31(40)34(44)33(43)30(20-42)50-37/h1-14,17-18,29-38,42-44H,15-16,19-22,39-41H2/b6-5+. The van der Waals surface area contributed by atoms with Gasteiger partial charge in [-0.3, -0.25) is 0 Å². The molecular weight excluding hydrogens is 642 g/mol. The molecule has 4 aromatic rings. The summed E-state index contributed by atoms with van der Waals surface area (Å²) in [7, 11) is 0. The first kappa shape index (κ1) is 36.5. The zero-order valence-corrected chi connectivity index (χ0v) is 27.8. The van der Waals surface area contributed by atoms with Crippen LogP contribution in [0, 0.1) is 0 Å². The first-order valence-corrected chi connectivity index (χ1v) is 16.9. The Morgan fingerprint density at radius 1 is 0.600 bits per heavy atom. The Kier molecular flexibility index (Phi) is 12.6. The van der Waals surface area contributed by atoms with Crippen LogP contribution in [0.3, 0.4) is 0 Å². The Bertz CT molecular complexity index is 1710. The van der Waals surface area contributed by atoms with Crippen LogP contribution in [-0.2, 0) is 41.6 Å². The maximum absolute atomic E-state index is 10.1. The third-order valence-electron chi connectivity index (χ3n) is 9.25. The fourth-order valence-electron chi connectivity index (χ4n) is 6.41. The van der Waals surface area contributed by atoms with Crippen molar-refractivity contribution in [3.05, 3.63) is 108 Å². The highest BCUT2D eigenvalue weighted by Crippen LogP contribution is 2.28. The smallest absolute Gasteiger partial charge is 0.176 e. The van der Waals surface area contributed by atoms with E-state index >= 15 is 0 Å². The van der Waals surface area contributed by atoms with Crippen molar-refractivity contribution in [3.8, 4) is 0 Å². The fourth-order valence-corrected chi connectivity index (χ4v) is 6.41. The van der Waals surface area contributed by atoms with Crippen LogP contribution >= 0.6 is 0 Å². The maximum atomic E-state index is 10.1. The molecule has 0 aliphatic carbocycles. The molecule has 9 N–H and O–H groups in total. The Morgan fingerprint density at radius 2 is 1.10 bits per heavy atom. The number of aliphatic hydroxyl groups is 3. The van der Waals surface area contributed by atoms with E-state index in [0.717, 1.165) is 32.7 Å². The Labute approximate surface area is 291 Å². The first-order valence-electron chi connectivity index (χ1n) is 16.9. The van der Waals surface area contributed by atoms with E-state index in [1.807, 2.05) is 36.4 Å². The van der Waals surface area contributed by atoms with Gasteiger partial charge in [0.2, 0.25) is 0 Å². The topological polar surface area (TPSA) is 194 Å². The van der Waals surface area contributed by atoms with Crippen LogP contribution in [0.5, 0.6) is 0 Å². The lowest BCUT2D eigenvalue weighted by molar-refractivity contribution is -0.273. The Balaban J connectivity index is 1.10. The van der Waals surface area contributed by atoms with Gasteiger partial charge in [0.1, 0.15) is 36.6 Å². The Hall–Kier alpha value is -3.34. The maximum Gasteiger partial charge on any atom is 0.176 e. The average molecular weight is 690 g/mol. The summed E-state index contributed by atoms with van der Waals surface area (Å²) < 4.78 is 36.5. The van der Waals surface area contributed by atoms with Gasteiger partial charge >= 0.3 is 0 Å². The molecule has 12 heteroatoms. The zero-order chi connectivity index (χ0) is 35.0. The molecule has 6 rings (SSSR count). The number of aliphatic hydroxyl groups excluding tert-OH is 3. The van der Waals surface area contributed by atoms with Crippen LogP contribution in [0.2, 0.25) is 0 Å². The van der Waals surface area contributed by atoms with Gasteiger partial charge in [0.25, 0.3) is 0 Å². The van der Waals surface area contributed by atoms with Gasteiger partial charge in [-0.1, -0.05) is 84.9 Å². The van der Waals surface area contributed by atoms with Gasteiger partial charge < -0.3 is 60.9 Å². The molecule has 0 amide bonds. The van der Waals surface area contributed by atoms with Gasteiger partial charge in [0, 0.05) is 6.54 Å². The number of benzene rings is 4. The van der Waals surface area contributed by atoms with Crippen molar-refractivity contribution in [1.29, 1.82) is 0 Å². The molecule has 4 aromatic carbocycles. The number of nitrogens with two attached hydrogens (primary N) is 3. The summed E-state index contributed by atoms with van der Waals surface area (Å²) in [4.78, 5) is 0. The van der Waals surface area contributed by atoms with E-state index in [0.29, 0.717) is 13.2 Å². The van der Waals surface area contributed by atoms with Gasteiger partial charge in [0.15, 0.2) is 12.6 Å². The summed E-state index contributed by atoms with van der Waals surface area (Å²) in [5.74, 6) is 0. The van der Waals surface area contributed by atoms with Crippen LogP contribution in [0.15, 0.2) is 97.1 Å². The quantitative estimate of drug-likeness (QED) is 0.105. The summed E-state index contributed by atoms with van der Waals surface area (Å²) >= 11 is 0. The highest BCUT2D eigenvalue weighted by Gasteiger charge is 2.46.